The van der Waals surface area contributed by atoms with Crippen molar-refractivity contribution in [3.8, 4) is 5.75 Å². The first-order valence-electron chi connectivity index (χ1n) is 5.95. The van der Waals surface area contributed by atoms with Crippen LogP contribution in [0.2, 0.25) is 10.6 Å². The molecule has 3 rings (SSSR count). The van der Waals surface area contributed by atoms with Crippen molar-refractivity contribution in [3.05, 3.63) is 34.8 Å². The first kappa shape index (κ1) is 15.5. The molecule has 3 aromatic rings. The summed E-state index contributed by atoms with van der Waals surface area (Å²) in [6, 6.07) is 6.91. The van der Waals surface area contributed by atoms with Crippen molar-refractivity contribution in [2.24, 2.45) is 0 Å². The maximum absolute atomic E-state index is 10.2. The fraction of sp³-hybridized carbons (Fsp3) is 0. The van der Waals surface area contributed by atoms with Crippen LogP contribution in [0.3, 0.4) is 0 Å². The van der Waals surface area contributed by atoms with Crippen LogP contribution < -0.4 is 5.32 Å². The summed E-state index contributed by atoms with van der Waals surface area (Å²) >= 11 is 20.1. The van der Waals surface area contributed by atoms with E-state index in [1.54, 1.807) is 12.1 Å². The van der Waals surface area contributed by atoms with Gasteiger partial charge in [0.05, 0.1) is 5.69 Å². The monoisotopic (exact) mass is 370 g/mol. The number of aromatic nitrogens is 3. The largest absolute Gasteiger partial charge is 0.507 e. The number of halogens is 2. The Morgan fingerprint density at radius 1 is 0.909 bits per heavy atom. The van der Waals surface area contributed by atoms with Gasteiger partial charge in [0.25, 0.3) is 0 Å². The lowest BCUT2D eigenvalue weighted by Gasteiger charge is -2.12. The molecule has 1 aromatic heterocycles. The molecule has 1 heterocycles. The molecule has 22 heavy (non-hydrogen) atoms. The molecule has 0 unspecified atom stereocenters. The van der Waals surface area contributed by atoms with E-state index in [2.05, 4.69) is 45.5 Å². The molecule has 9 heteroatoms. The van der Waals surface area contributed by atoms with Gasteiger partial charge in [-0.15, -0.1) is 25.3 Å². The van der Waals surface area contributed by atoms with Gasteiger partial charge in [-0.05, 0) is 52.9 Å². The quantitative estimate of drug-likeness (QED) is 0.504. The summed E-state index contributed by atoms with van der Waals surface area (Å²) in [4.78, 5) is 12.9. The molecule has 0 amide bonds. The van der Waals surface area contributed by atoms with Crippen LogP contribution in [0.25, 0.3) is 10.8 Å². The van der Waals surface area contributed by atoms with Crippen LogP contribution >= 0.6 is 48.5 Å². The highest BCUT2D eigenvalue weighted by molar-refractivity contribution is 7.80. The van der Waals surface area contributed by atoms with Crippen molar-refractivity contribution in [1.29, 1.82) is 0 Å². The van der Waals surface area contributed by atoms with Crippen LogP contribution in [0.1, 0.15) is 0 Å². The molecule has 0 saturated heterocycles. The number of fused-ring (bicyclic) bond motifs is 1. The van der Waals surface area contributed by atoms with E-state index in [1.165, 1.54) is 0 Å². The van der Waals surface area contributed by atoms with Crippen molar-refractivity contribution in [2.45, 2.75) is 9.79 Å². The van der Waals surface area contributed by atoms with E-state index in [0.717, 1.165) is 5.39 Å². The average Bonchev–Trinajstić information content (AvgIpc) is 2.35. The SMILES string of the molecule is Oc1cc(S)cc2cc(S)cc(Nc3nc(Cl)nc(Cl)n3)c12. The van der Waals surface area contributed by atoms with Gasteiger partial charge in [0.15, 0.2) is 0 Å². The second-order valence-electron chi connectivity index (χ2n) is 4.38. The second-order valence-corrected chi connectivity index (χ2v) is 6.09. The van der Waals surface area contributed by atoms with Gasteiger partial charge in [0.2, 0.25) is 16.5 Å². The highest BCUT2D eigenvalue weighted by Crippen LogP contribution is 2.37. The van der Waals surface area contributed by atoms with E-state index in [0.29, 0.717) is 20.9 Å². The molecule has 0 bridgehead atoms. The lowest BCUT2D eigenvalue weighted by atomic mass is 10.1. The minimum Gasteiger partial charge on any atom is -0.507 e. The van der Waals surface area contributed by atoms with Crippen molar-refractivity contribution in [3.63, 3.8) is 0 Å². The fourth-order valence-corrected chi connectivity index (χ4v) is 2.96. The third kappa shape index (κ3) is 3.17. The molecule has 0 atom stereocenters. The molecule has 0 saturated carbocycles. The summed E-state index contributed by atoms with van der Waals surface area (Å²) in [5.41, 5.74) is 0.562. The third-order valence-electron chi connectivity index (χ3n) is 2.83. The maximum Gasteiger partial charge on any atom is 0.232 e. The summed E-state index contributed by atoms with van der Waals surface area (Å²) in [6.45, 7) is 0. The Hall–Kier alpha value is -1.41. The maximum atomic E-state index is 10.2. The molecule has 2 aromatic carbocycles. The highest BCUT2D eigenvalue weighted by atomic mass is 35.5. The summed E-state index contributed by atoms with van der Waals surface area (Å²) in [5, 5.41) is 14.4. The number of benzene rings is 2. The van der Waals surface area contributed by atoms with Crippen LogP contribution in [0, 0.1) is 0 Å². The third-order valence-corrected chi connectivity index (χ3v) is 3.68. The number of anilines is 2. The highest BCUT2D eigenvalue weighted by Gasteiger charge is 2.11. The summed E-state index contributed by atoms with van der Waals surface area (Å²) < 4.78 is 0. The van der Waals surface area contributed by atoms with Gasteiger partial charge in [-0.1, -0.05) is 0 Å². The minimum atomic E-state index is -0.0318. The number of nitrogens with zero attached hydrogens (tertiary/aromatic N) is 3. The number of aromatic hydroxyl groups is 1. The molecule has 0 aliphatic heterocycles. The van der Waals surface area contributed by atoms with Gasteiger partial charge in [-0.3, -0.25) is 0 Å². The van der Waals surface area contributed by atoms with E-state index < -0.39 is 0 Å². The molecule has 0 spiro atoms. The standard InChI is InChI=1S/C13H8Cl2N4OS2/c14-11-17-12(15)19-13(18-11)16-8-3-6(21)1-5-2-7(22)4-9(20)10(5)8/h1-4,20-22H,(H,16,17,18,19). The Labute approximate surface area is 146 Å². The Balaban J connectivity index is 2.17. The molecule has 0 aliphatic rings. The van der Waals surface area contributed by atoms with Crippen molar-refractivity contribution < 1.29 is 5.11 Å². The zero-order valence-electron chi connectivity index (χ0n) is 10.7. The first-order chi connectivity index (χ1) is 10.4. The van der Waals surface area contributed by atoms with Gasteiger partial charge in [0.1, 0.15) is 5.75 Å². The van der Waals surface area contributed by atoms with E-state index in [1.807, 2.05) is 12.1 Å². The normalized spacial score (nSPS) is 10.9. The van der Waals surface area contributed by atoms with Gasteiger partial charge in [-0.25, -0.2) is 0 Å². The molecule has 0 fully saturated rings. The average molecular weight is 371 g/mol. The minimum absolute atomic E-state index is 0.0318. The van der Waals surface area contributed by atoms with Gasteiger partial charge in [0, 0.05) is 15.2 Å². The Kier molecular flexibility index (Phi) is 4.22. The lowest BCUT2D eigenvalue weighted by molar-refractivity contribution is 0.480. The fourth-order valence-electron chi connectivity index (χ4n) is 2.06. The van der Waals surface area contributed by atoms with Crippen LogP contribution in [-0.2, 0) is 0 Å². The topological polar surface area (TPSA) is 70.9 Å². The number of phenols is 1. The van der Waals surface area contributed by atoms with E-state index in [9.17, 15) is 5.11 Å². The number of nitrogens with one attached hydrogen (secondary N) is 1. The predicted octanol–water partition coefficient (Wildman–Crippen LogP) is 4.36. The predicted molar refractivity (Wildman–Crippen MR) is 93.2 cm³/mol. The molecule has 0 radical (unpaired) electrons. The lowest BCUT2D eigenvalue weighted by Crippen LogP contribution is -2.00. The second kappa shape index (κ2) is 6.00. The zero-order chi connectivity index (χ0) is 15.9. The van der Waals surface area contributed by atoms with Crippen LogP contribution in [0.4, 0.5) is 11.6 Å². The summed E-state index contributed by atoms with van der Waals surface area (Å²) in [7, 11) is 0. The molecule has 5 nitrogen and oxygen atoms in total. The first-order valence-corrected chi connectivity index (χ1v) is 7.60. The Morgan fingerprint density at radius 2 is 1.50 bits per heavy atom. The van der Waals surface area contributed by atoms with Crippen molar-refractivity contribution >= 4 is 70.9 Å². The molecular weight excluding hydrogens is 363 g/mol. The molecule has 112 valence electrons. The Morgan fingerprint density at radius 3 is 2.14 bits per heavy atom. The van der Waals surface area contributed by atoms with E-state index in [-0.39, 0.29) is 22.3 Å². The summed E-state index contributed by atoms with van der Waals surface area (Å²) in [6.07, 6.45) is 0. The molecule has 2 N–H and O–H groups in total. The Bertz CT molecular complexity index is 866. The van der Waals surface area contributed by atoms with E-state index in [4.69, 9.17) is 23.2 Å². The number of phenolic OH excluding ortho intramolecular Hbond substituents is 1. The number of hydrogen-bond acceptors (Lipinski definition) is 7. The smallest absolute Gasteiger partial charge is 0.232 e. The molecular formula is C13H8Cl2N4OS2. The number of rotatable bonds is 2. The van der Waals surface area contributed by atoms with Crippen LogP contribution in [0.15, 0.2) is 34.1 Å². The van der Waals surface area contributed by atoms with Crippen molar-refractivity contribution in [1.82, 2.24) is 15.0 Å². The number of thiol groups is 2. The van der Waals surface area contributed by atoms with Crippen LogP contribution in [0.5, 0.6) is 5.75 Å². The van der Waals surface area contributed by atoms with Crippen LogP contribution in [-0.4, -0.2) is 20.1 Å². The number of hydrogen-bond donors (Lipinski definition) is 4. The summed E-state index contributed by atoms with van der Waals surface area (Å²) in [5.74, 6) is 0.240. The van der Waals surface area contributed by atoms with Crippen molar-refractivity contribution in [2.75, 3.05) is 5.32 Å². The van der Waals surface area contributed by atoms with Gasteiger partial charge in [-0.2, -0.15) is 15.0 Å². The molecule has 0 aliphatic carbocycles. The zero-order valence-corrected chi connectivity index (χ0v) is 14.0. The van der Waals surface area contributed by atoms with Gasteiger partial charge >= 0.3 is 0 Å². The van der Waals surface area contributed by atoms with Gasteiger partial charge < -0.3 is 10.4 Å². The van der Waals surface area contributed by atoms with E-state index >= 15 is 0 Å².